The minimum Gasteiger partial charge on any atom is -0.434 e. The topological polar surface area (TPSA) is 52.3 Å². The van der Waals surface area contributed by atoms with Gasteiger partial charge in [0.1, 0.15) is 11.8 Å². The maximum Gasteiger partial charge on any atom is 0.247 e. The van der Waals surface area contributed by atoms with E-state index >= 15 is 0 Å². The first-order valence-electron chi connectivity index (χ1n) is 6.97. The van der Waals surface area contributed by atoms with Gasteiger partial charge in [0.25, 0.3) is 0 Å². The van der Waals surface area contributed by atoms with Crippen molar-refractivity contribution in [3.63, 3.8) is 0 Å². The van der Waals surface area contributed by atoms with Gasteiger partial charge in [-0.05, 0) is 24.3 Å². The van der Waals surface area contributed by atoms with Crippen molar-refractivity contribution in [2.24, 2.45) is 0 Å². The number of benzene rings is 1. The molecule has 0 unspecified atom stereocenters. The second-order valence-electron chi connectivity index (χ2n) is 4.90. The molecule has 0 bridgehead atoms. The predicted octanol–water partition coefficient (Wildman–Crippen LogP) is 3.72. The van der Waals surface area contributed by atoms with E-state index in [1.807, 2.05) is 24.4 Å². The maximum absolute atomic E-state index is 13.8. The lowest BCUT2D eigenvalue weighted by Crippen LogP contribution is -1.96. The summed E-state index contributed by atoms with van der Waals surface area (Å²) in [6.45, 7) is 0. The van der Waals surface area contributed by atoms with Crippen molar-refractivity contribution in [3.05, 3.63) is 73.2 Å². The number of aromatic nitrogens is 4. The van der Waals surface area contributed by atoms with E-state index in [0.717, 1.165) is 11.1 Å². The van der Waals surface area contributed by atoms with Gasteiger partial charge in [0.15, 0.2) is 11.6 Å². The molecule has 0 N–H and O–H groups in total. The molecule has 23 heavy (non-hydrogen) atoms. The minimum absolute atomic E-state index is 0.122. The van der Waals surface area contributed by atoms with Crippen molar-refractivity contribution in [3.8, 4) is 22.8 Å². The van der Waals surface area contributed by atoms with Gasteiger partial charge in [0.2, 0.25) is 5.88 Å². The van der Waals surface area contributed by atoms with E-state index < -0.39 is 5.82 Å². The molecule has 0 amide bonds. The molecule has 4 aromatic rings. The van der Waals surface area contributed by atoms with Crippen LogP contribution in [0.4, 0.5) is 4.39 Å². The van der Waals surface area contributed by atoms with E-state index in [9.17, 15) is 4.39 Å². The van der Waals surface area contributed by atoms with Crippen molar-refractivity contribution in [1.82, 2.24) is 19.6 Å². The standard InChI is InChI=1S/C17H11FN4O/c18-14-5-1-2-6-16(14)23-17-15-8-13(10-22(15)21-11-20-17)12-4-3-7-19-9-12/h1-11H. The Labute approximate surface area is 131 Å². The summed E-state index contributed by atoms with van der Waals surface area (Å²) in [7, 11) is 0. The van der Waals surface area contributed by atoms with E-state index in [0.29, 0.717) is 11.4 Å². The molecule has 0 radical (unpaired) electrons. The van der Waals surface area contributed by atoms with E-state index in [1.54, 1.807) is 35.1 Å². The minimum atomic E-state index is -0.441. The molecule has 0 fully saturated rings. The van der Waals surface area contributed by atoms with Gasteiger partial charge >= 0.3 is 0 Å². The summed E-state index contributed by atoms with van der Waals surface area (Å²) in [5.41, 5.74) is 2.53. The zero-order valence-electron chi connectivity index (χ0n) is 11.9. The molecule has 0 atom stereocenters. The molecule has 5 nitrogen and oxygen atoms in total. The number of ether oxygens (including phenoxy) is 1. The van der Waals surface area contributed by atoms with Gasteiger partial charge in [0.05, 0.1) is 0 Å². The van der Waals surface area contributed by atoms with Crippen molar-refractivity contribution in [2.45, 2.75) is 0 Å². The average molecular weight is 306 g/mol. The number of pyridine rings is 1. The largest absolute Gasteiger partial charge is 0.434 e. The van der Waals surface area contributed by atoms with Gasteiger partial charge in [-0.25, -0.2) is 8.91 Å². The third kappa shape index (κ3) is 2.50. The number of rotatable bonds is 3. The smallest absolute Gasteiger partial charge is 0.247 e. The molecule has 4 rings (SSSR count). The number of nitrogens with zero attached hydrogens (tertiary/aromatic N) is 4. The first-order chi connectivity index (χ1) is 11.3. The van der Waals surface area contributed by atoms with Crippen LogP contribution in [0, 0.1) is 5.82 Å². The number of halogens is 1. The van der Waals surface area contributed by atoms with Crippen molar-refractivity contribution in [2.75, 3.05) is 0 Å². The van der Waals surface area contributed by atoms with Crippen LogP contribution in [0.3, 0.4) is 0 Å². The van der Waals surface area contributed by atoms with Crippen molar-refractivity contribution >= 4 is 5.52 Å². The van der Waals surface area contributed by atoms with Gasteiger partial charge in [-0.15, -0.1) is 0 Å². The fourth-order valence-corrected chi connectivity index (χ4v) is 2.31. The summed E-state index contributed by atoms with van der Waals surface area (Å²) in [5.74, 6) is -0.0271. The lowest BCUT2D eigenvalue weighted by Gasteiger charge is -2.06. The monoisotopic (exact) mass is 306 g/mol. The Bertz CT molecular complexity index is 969. The zero-order chi connectivity index (χ0) is 15.6. The normalized spacial score (nSPS) is 10.8. The molecule has 6 heteroatoms. The molecule has 3 aromatic heterocycles. The summed E-state index contributed by atoms with van der Waals surface area (Å²) in [6.07, 6.45) is 6.70. The molecule has 112 valence electrons. The van der Waals surface area contributed by atoms with Crippen LogP contribution >= 0.6 is 0 Å². The zero-order valence-corrected chi connectivity index (χ0v) is 11.9. The Morgan fingerprint density at radius 1 is 1.04 bits per heavy atom. The highest BCUT2D eigenvalue weighted by atomic mass is 19.1. The summed E-state index contributed by atoms with van der Waals surface area (Å²) in [5, 5.41) is 4.16. The van der Waals surface area contributed by atoms with Gasteiger partial charge < -0.3 is 4.74 Å². The van der Waals surface area contributed by atoms with Crippen LogP contribution in [0.25, 0.3) is 16.6 Å². The quantitative estimate of drug-likeness (QED) is 0.579. The molecule has 0 aliphatic carbocycles. The highest BCUT2D eigenvalue weighted by Crippen LogP contribution is 2.29. The Morgan fingerprint density at radius 3 is 2.78 bits per heavy atom. The van der Waals surface area contributed by atoms with Crippen LogP contribution in [0.2, 0.25) is 0 Å². The Balaban J connectivity index is 1.79. The van der Waals surface area contributed by atoms with Crippen molar-refractivity contribution < 1.29 is 9.13 Å². The van der Waals surface area contributed by atoms with E-state index in [4.69, 9.17) is 4.74 Å². The van der Waals surface area contributed by atoms with Crippen LogP contribution in [0.5, 0.6) is 11.6 Å². The molecular weight excluding hydrogens is 295 g/mol. The molecule has 0 aliphatic heterocycles. The number of fused-ring (bicyclic) bond motifs is 1. The molecule has 0 aliphatic rings. The van der Waals surface area contributed by atoms with Crippen LogP contribution in [-0.4, -0.2) is 19.6 Å². The number of hydrogen-bond acceptors (Lipinski definition) is 4. The molecular formula is C17H11FN4O. The Kier molecular flexibility index (Phi) is 3.20. The fraction of sp³-hybridized carbons (Fsp3) is 0. The van der Waals surface area contributed by atoms with Gasteiger partial charge in [-0.3, -0.25) is 4.98 Å². The third-order valence-electron chi connectivity index (χ3n) is 3.41. The first-order valence-corrected chi connectivity index (χ1v) is 6.97. The molecule has 1 aromatic carbocycles. The summed E-state index contributed by atoms with van der Waals surface area (Å²) in [4.78, 5) is 8.22. The van der Waals surface area contributed by atoms with Crippen LogP contribution < -0.4 is 4.74 Å². The van der Waals surface area contributed by atoms with Crippen LogP contribution in [0.15, 0.2) is 67.4 Å². The highest BCUT2D eigenvalue weighted by molar-refractivity contribution is 5.72. The van der Waals surface area contributed by atoms with Crippen LogP contribution in [0.1, 0.15) is 0 Å². The highest BCUT2D eigenvalue weighted by Gasteiger charge is 2.12. The lowest BCUT2D eigenvalue weighted by molar-refractivity contribution is 0.428. The van der Waals surface area contributed by atoms with Crippen LogP contribution in [-0.2, 0) is 0 Å². The van der Waals surface area contributed by atoms with E-state index in [2.05, 4.69) is 15.1 Å². The summed E-state index contributed by atoms with van der Waals surface area (Å²) in [6, 6.07) is 11.9. The van der Waals surface area contributed by atoms with Gasteiger partial charge in [0, 0.05) is 29.7 Å². The van der Waals surface area contributed by atoms with E-state index in [1.165, 1.54) is 12.4 Å². The number of hydrogen-bond donors (Lipinski definition) is 0. The number of para-hydroxylation sites is 1. The van der Waals surface area contributed by atoms with Crippen molar-refractivity contribution in [1.29, 1.82) is 0 Å². The van der Waals surface area contributed by atoms with Gasteiger partial charge in [-0.2, -0.15) is 10.1 Å². The summed E-state index contributed by atoms with van der Waals surface area (Å²) < 4.78 is 21.0. The SMILES string of the molecule is Fc1ccccc1Oc1ncnn2cc(-c3cccnc3)cc12. The third-order valence-corrected chi connectivity index (χ3v) is 3.41. The second kappa shape index (κ2) is 5.49. The van der Waals surface area contributed by atoms with E-state index in [-0.39, 0.29) is 5.75 Å². The predicted molar refractivity (Wildman–Crippen MR) is 82.7 cm³/mol. The Hall–Kier alpha value is -3.28. The summed E-state index contributed by atoms with van der Waals surface area (Å²) >= 11 is 0. The average Bonchev–Trinajstić information content (AvgIpc) is 3.03. The van der Waals surface area contributed by atoms with Gasteiger partial charge in [-0.1, -0.05) is 18.2 Å². The second-order valence-corrected chi connectivity index (χ2v) is 4.90. The molecule has 0 spiro atoms. The lowest BCUT2D eigenvalue weighted by atomic mass is 10.1. The Morgan fingerprint density at radius 2 is 1.96 bits per heavy atom. The fourth-order valence-electron chi connectivity index (χ4n) is 2.31. The molecule has 0 saturated carbocycles. The first kappa shape index (κ1) is 13.4. The molecule has 0 saturated heterocycles. The maximum atomic E-state index is 13.8. The molecule has 3 heterocycles.